The third-order valence-corrected chi connectivity index (χ3v) is 3.93. The molecule has 0 saturated carbocycles. The molecule has 0 aliphatic carbocycles. The van der Waals surface area contributed by atoms with Crippen molar-refractivity contribution >= 4 is 15.7 Å². The standard InChI is InChI=1S/C10H14N6O2S/c11-15-8-1-3-9(4-2-8)19(17,18)14-6-5-10-12-7-13-16-10/h1-4,7,14-15H,5-6,11H2,(H,12,13,16). The van der Waals surface area contributed by atoms with Crippen molar-refractivity contribution in [1.29, 1.82) is 0 Å². The second-order valence-electron chi connectivity index (χ2n) is 3.75. The van der Waals surface area contributed by atoms with Crippen LogP contribution in [0.1, 0.15) is 5.82 Å². The molecule has 0 radical (unpaired) electrons. The Bertz CT molecular complexity index is 608. The van der Waals surface area contributed by atoms with E-state index in [1.54, 1.807) is 12.1 Å². The zero-order valence-electron chi connectivity index (χ0n) is 10.00. The number of aromatic nitrogens is 3. The van der Waals surface area contributed by atoms with Crippen molar-refractivity contribution in [1.82, 2.24) is 19.9 Å². The van der Waals surface area contributed by atoms with E-state index < -0.39 is 10.0 Å². The predicted molar refractivity (Wildman–Crippen MR) is 69.5 cm³/mol. The number of H-pyrrole nitrogens is 1. The number of anilines is 1. The van der Waals surface area contributed by atoms with Gasteiger partial charge in [0, 0.05) is 18.7 Å². The molecule has 0 atom stereocenters. The van der Waals surface area contributed by atoms with Crippen LogP contribution in [0.5, 0.6) is 0 Å². The van der Waals surface area contributed by atoms with Gasteiger partial charge in [0.2, 0.25) is 10.0 Å². The van der Waals surface area contributed by atoms with E-state index in [4.69, 9.17) is 5.84 Å². The summed E-state index contributed by atoms with van der Waals surface area (Å²) >= 11 is 0. The van der Waals surface area contributed by atoms with Crippen LogP contribution in [0.2, 0.25) is 0 Å². The van der Waals surface area contributed by atoms with Crippen LogP contribution < -0.4 is 16.0 Å². The topological polar surface area (TPSA) is 126 Å². The summed E-state index contributed by atoms with van der Waals surface area (Å²) in [5, 5.41) is 6.34. The van der Waals surface area contributed by atoms with E-state index in [0.717, 1.165) is 0 Å². The third kappa shape index (κ3) is 3.50. The molecular weight excluding hydrogens is 268 g/mol. The smallest absolute Gasteiger partial charge is 0.240 e. The van der Waals surface area contributed by atoms with Gasteiger partial charge in [0.25, 0.3) is 0 Å². The van der Waals surface area contributed by atoms with E-state index in [1.165, 1.54) is 18.5 Å². The second kappa shape index (κ2) is 5.78. The Hall–Kier alpha value is -1.97. The fourth-order valence-electron chi connectivity index (χ4n) is 1.47. The molecule has 0 bridgehead atoms. The monoisotopic (exact) mass is 282 g/mol. The zero-order valence-corrected chi connectivity index (χ0v) is 10.8. The molecule has 0 fully saturated rings. The summed E-state index contributed by atoms with van der Waals surface area (Å²) in [6.45, 7) is 0.244. The highest BCUT2D eigenvalue weighted by molar-refractivity contribution is 7.89. The number of hydrogen-bond donors (Lipinski definition) is 4. The molecule has 1 aromatic heterocycles. The van der Waals surface area contributed by atoms with Gasteiger partial charge < -0.3 is 5.43 Å². The van der Waals surface area contributed by atoms with E-state index >= 15 is 0 Å². The van der Waals surface area contributed by atoms with Crippen molar-refractivity contribution in [2.24, 2.45) is 5.84 Å². The first-order valence-corrected chi connectivity index (χ1v) is 7.01. The molecule has 0 aliphatic rings. The van der Waals surface area contributed by atoms with Gasteiger partial charge >= 0.3 is 0 Å². The molecule has 0 aliphatic heterocycles. The van der Waals surface area contributed by atoms with Crippen molar-refractivity contribution < 1.29 is 8.42 Å². The Morgan fingerprint density at radius 2 is 2.00 bits per heavy atom. The van der Waals surface area contributed by atoms with Gasteiger partial charge in [-0.1, -0.05) is 0 Å². The molecule has 1 heterocycles. The number of sulfonamides is 1. The Morgan fingerprint density at radius 1 is 1.26 bits per heavy atom. The van der Waals surface area contributed by atoms with Crippen LogP contribution in [0, 0.1) is 0 Å². The minimum Gasteiger partial charge on any atom is -0.324 e. The lowest BCUT2D eigenvalue weighted by Crippen LogP contribution is -2.26. The van der Waals surface area contributed by atoms with Gasteiger partial charge in [0.15, 0.2) is 0 Å². The largest absolute Gasteiger partial charge is 0.324 e. The molecule has 8 nitrogen and oxygen atoms in total. The van der Waals surface area contributed by atoms with E-state index in [1.807, 2.05) is 0 Å². The maximum Gasteiger partial charge on any atom is 0.240 e. The molecule has 19 heavy (non-hydrogen) atoms. The Balaban J connectivity index is 1.97. The molecule has 9 heteroatoms. The average Bonchev–Trinajstić information content (AvgIpc) is 2.92. The van der Waals surface area contributed by atoms with Crippen molar-refractivity contribution in [3.05, 3.63) is 36.4 Å². The molecule has 0 unspecified atom stereocenters. The first kappa shape index (κ1) is 13.5. The number of aromatic amines is 1. The first-order chi connectivity index (χ1) is 9.12. The van der Waals surface area contributed by atoms with Gasteiger partial charge in [-0.15, -0.1) is 0 Å². The maximum atomic E-state index is 12.0. The summed E-state index contributed by atoms with van der Waals surface area (Å²) < 4.78 is 26.4. The van der Waals surface area contributed by atoms with E-state index in [2.05, 4.69) is 25.3 Å². The van der Waals surface area contributed by atoms with Crippen LogP contribution in [-0.4, -0.2) is 30.1 Å². The lowest BCUT2D eigenvalue weighted by Gasteiger charge is -2.06. The first-order valence-electron chi connectivity index (χ1n) is 5.52. The number of benzene rings is 1. The summed E-state index contributed by atoms with van der Waals surface area (Å²) in [4.78, 5) is 4.09. The van der Waals surface area contributed by atoms with Crippen molar-refractivity contribution in [3.8, 4) is 0 Å². The molecule has 0 saturated heterocycles. The highest BCUT2D eigenvalue weighted by Gasteiger charge is 2.13. The average molecular weight is 282 g/mol. The molecule has 2 aromatic rings. The highest BCUT2D eigenvalue weighted by Crippen LogP contribution is 2.12. The lowest BCUT2D eigenvalue weighted by molar-refractivity contribution is 0.581. The number of nitrogen functional groups attached to an aromatic ring is 1. The van der Waals surface area contributed by atoms with Gasteiger partial charge in [-0.3, -0.25) is 10.9 Å². The maximum absolute atomic E-state index is 12.0. The summed E-state index contributed by atoms with van der Waals surface area (Å²) in [5.41, 5.74) is 3.07. The Kier molecular flexibility index (Phi) is 4.10. The van der Waals surface area contributed by atoms with Crippen LogP contribution in [0.25, 0.3) is 0 Å². The molecule has 1 aromatic carbocycles. The van der Waals surface area contributed by atoms with Gasteiger partial charge in [-0.2, -0.15) is 5.10 Å². The molecule has 2 rings (SSSR count). The fourth-order valence-corrected chi connectivity index (χ4v) is 2.50. The van der Waals surface area contributed by atoms with Gasteiger partial charge in [0.1, 0.15) is 12.2 Å². The van der Waals surface area contributed by atoms with Crippen LogP contribution in [0.4, 0.5) is 5.69 Å². The van der Waals surface area contributed by atoms with Crippen molar-refractivity contribution in [2.45, 2.75) is 11.3 Å². The van der Waals surface area contributed by atoms with Crippen molar-refractivity contribution in [3.63, 3.8) is 0 Å². The quantitative estimate of drug-likeness (QED) is 0.422. The molecule has 5 N–H and O–H groups in total. The lowest BCUT2D eigenvalue weighted by atomic mass is 10.3. The summed E-state index contributed by atoms with van der Waals surface area (Å²) in [6.07, 6.45) is 1.82. The summed E-state index contributed by atoms with van der Waals surface area (Å²) in [6, 6.07) is 6.13. The number of rotatable bonds is 6. The number of nitrogens with two attached hydrogens (primary N) is 1. The molecule has 0 spiro atoms. The van der Waals surface area contributed by atoms with Crippen LogP contribution in [0.3, 0.4) is 0 Å². The van der Waals surface area contributed by atoms with E-state index in [0.29, 0.717) is 17.9 Å². The summed E-state index contributed by atoms with van der Waals surface area (Å²) in [7, 11) is -3.52. The number of hydrogen-bond acceptors (Lipinski definition) is 6. The van der Waals surface area contributed by atoms with Gasteiger partial charge in [0.05, 0.1) is 4.90 Å². The van der Waals surface area contributed by atoms with Crippen LogP contribution >= 0.6 is 0 Å². The summed E-state index contributed by atoms with van der Waals surface area (Å²) in [5.74, 6) is 5.84. The van der Waals surface area contributed by atoms with Crippen LogP contribution in [-0.2, 0) is 16.4 Å². The normalized spacial score (nSPS) is 11.4. The Morgan fingerprint density at radius 3 is 2.58 bits per heavy atom. The number of nitrogens with zero attached hydrogens (tertiary/aromatic N) is 2. The van der Waals surface area contributed by atoms with E-state index in [9.17, 15) is 8.42 Å². The third-order valence-electron chi connectivity index (χ3n) is 2.45. The molecule has 0 amide bonds. The minimum absolute atomic E-state index is 0.184. The van der Waals surface area contributed by atoms with Gasteiger partial charge in [-0.25, -0.2) is 18.1 Å². The Labute approximate surface area is 110 Å². The fraction of sp³-hybridized carbons (Fsp3) is 0.200. The number of nitrogens with one attached hydrogen (secondary N) is 3. The highest BCUT2D eigenvalue weighted by atomic mass is 32.2. The molecular formula is C10H14N6O2S. The number of hydrazine groups is 1. The van der Waals surface area contributed by atoms with Crippen LogP contribution in [0.15, 0.2) is 35.5 Å². The van der Waals surface area contributed by atoms with Crippen molar-refractivity contribution in [2.75, 3.05) is 12.0 Å². The predicted octanol–water partition coefficient (Wildman–Crippen LogP) is -0.389. The zero-order chi connectivity index (χ0) is 13.7. The molecule has 102 valence electrons. The minimum atomic E-state index is -3.52. The second-order valence-corrected chi connectivity index (χ2v) is 5.52. The van der Waals surface area contributed by atoms with Gasteiger partial charge in [-0.05, 0) is 24.3 Å². The van der Waals surface area contributed by atoms with E-state index in [-0.39, 0.29) is 11.4 Å². The SMILES string of the molecule is NNc1ccc(S(=O)(=O)NCCc2ncn[nH]2)cc1.